The first-order valence-electron chi connectivity index (χ1n) is 6.12. The van der Waals surface area contributed by atoms with E-state index in [1.807, 2.05) is 0 Å². The Balaban J connectivity index is 2.03. The number of carbonyl (C=O) groups excluding carboxylic acids is 1. The molecule has 0 fully saturated rings. The molecule has 0 aliphatic carbocycles. The van der Waals surface area contributed by atoms with Crippen LogP contribution in [-0.4, -0.2) is 12.1 Å². The second-order valence-electron chi connectivity index (χ2n) is 4.33. The predicted molar refractivity (Wildman–Crippen MR) is 78.0 cm³/mol. The van der Waals surface area contributed by atoms with Crippen molar-refractivity contribution < 1.29 is 18.0 Å². The zero-order valence-corrected chi connectivity index (χ0v) is 11.8. The summed E-state index contributed by atoms with van der Waals surface area (Å²) < 4.78 is 37.6. The molecule has 2 aromatic rings. The summed E-state index contributed by atoms with van der Waals surface area (Å²) in [5.74, 6) is -0.486. The number of rotatable bonds is 3. The Labute approximate surface area is 129 Å². The van der Waals surface area contributed by atoms with Crippen LogP contribution in [0.1, 0.15) is 21.5 Å². The number of hydrogen-bond acceptors (Lipinski definition) is 2. The maximum absolute atomic E-state index is 12.5. The Hall–Kier alpha value is -2.34. The minimum Gasteiger partial charge on any atom is -0.267 e. The van der Waals surface area contributed by atoms with E-state index < -0.39 is 17.6 Å². The van der Waals surface area contributed by atoms with Crippen LogP contribution in [0.25, 0.3) is 0 Å². The lowest BCUT2D eigenvalue weighted by Gasteiger charge is -2.06. The Morgan fingerprint density at radius 2 is 1.82 bits per heavy atom. The van der Waals surface area contributed by atoms with Crippen molar-refractivity contribution in [3.05, 3.63) is 70.2 Å². The molecule has 0 atom stereocenters. The van der Waals surface area contributed by atoms with E-state index >= 15 is 0 Å². The van der Waals surface area contributed by atoms with Gasteiger partial charge in [0, 0.05) is 10.6 Å². The molecule has 0 aliphatic rings. The van der Waals surface area contributed by atoms with Crippen molar-refractivity contribution in [2.24, 2.45) is 5.10 Å². The molecule has 0 spiro atoms. The monoisotopic (exact) mass is 326 g/mol. The van der Waals surface area contributed by atoms with Crippen LogP contribution in [0.5, 0.6) is 0 Å². The average molecular weight is 327 g/mol. The quantitative estimate of drug-likeness (QED) is 0.669. The van der Waals surface area contributed by atoms with Gasteiger partial charge in [-0.3, -0.25) is 4.79 Å². The van der Waals surface area contributed by atoms with E-state index in [0.717, 1.165) is 18.3 Å². The maximum atomic E-state index is 12.5. The molecule has 7 heteroatoms. The van der Waals surface area contributed by atoms with Gasteiger partial charge in [0.1, 0.15) is 0 Å². The number of alkyl halides is 3. The average Bonchev–Trinajstić information content (AvgIpc) is 2.47. The summed E-state index contributed by atoms with van der Waals surface area (Å²) in [4.78, 5) is 11.7. The molecule has 2 rings (SSSR count). The summed E-state index contributed by atoms with van der Waals surface area (Å²) in [6.07, 6.45) is -3.28. The van der Waals surface area contributed by atoms with Crippen LogP contribution >= 0.6 is 11.6 Å². The van der Waals surface area contributed by atoms with Gasteiger partial charge in [0.25, 0.3) is 5.91 Å². The Bertz CT molecular complexity index is 697. The highest BCUT2D eigenvalue weighted by molar-refractivity contribution is 6.30. The van der Waals surface area contributed by atoms with E-state index in [1.165, 1.54) is 24.3 Å². The molecule has 0 aliphatic heterocycles. The Kier molecular flexibility index (Phi) is 4.82. The molecule has 0 bridgehead atoms. The highest BCUT2D eigenvalue weighted by atomic mass is 35.5. The van der Waals surface area contributed by atoms with Gasteiger partial charge in [0.15, 0.2) is 0 Å². The molecule has 22 heavy (non-hydrogen) atoms. The van der Waals surface area contributed by atoms with E-state index in [-0.39, 0.29) is 5.56 Å². The maximum Gasteiger partial charge on any atom is 0.416 e. The second-order valence-corrected chi connectivity index (χ2v) is 4.77. The van der Waals surface area contributed by atoms with Gasteiger partial charge in [-0.2, -0.15) is 18.3 Å². The number of nitrogens with one attached hydrogen (secondary N) is 1. The summed E-state index contributed by atoms with van der Waals surface area (Å²) in [6.45, 7) is 0. The molecule has 1 N–H and O–H groups in total. The molecule has 2 aromatic carbocycles. The van der Waals surface area contributed by atoms with Gasteiger partial charge in [0.05, 0.1) is 11.8 Å². The van der Waals surface area contributed by atoms with Gasteiger partial charge in [-0.05, 0) is 42.0 Å². The van der Waals surface area contributed by atoms with Gasteiger partial charge in [-0.15, -0.1) is 0 Å². The van der Waals surface area contributed by atoms with Crippen molar-refractivity contribution in [3.63, 3.8) is 0 Å². The molecule has 0 aromatic heterocycles. The highest BCUT2D eigenvalue weighted by Crippen LogP contribution is 2.29. The third-order valence-electron chi connectivity index (χ3n) is 2.70. The minimum absolute atomic E-state index is 0.228. The van der Waals surface area contributed by atoms with E-state index in [4.69, 9.17) is 11.6 Å². The fourth-order valence-corrected chi connectivity index (χ4v) is 1.75. The van der Waals surface area contributed by atoms with E-state index in [0.29, 0.717) is 10.6 Å². The first-order chi connectivity index (χ1) is 10.4. The lowest BCUT2D eigenvalue weighted by atomic mass is 10.1. The third kappa shape index (κ3) is 4.33. The van der Waals surface area contributed by atoms with E-state index in [1.54, 1.807) is 12.1 Å². The van der Waals surface area contributed by atoms with Gasteiger partial charge >= 0.3 is 6.18 Å². The highest BCUT2D eigenvalue weighted by Gasteiger charge is 2.30. The van der Waals surface area contributed by atoms with Crippen LogP contribution in [0.15, 0.2) is 53.6 Å². The van der Waals surface area contributed by atoms with Gasteiger partial charge in [0.2, 0.25) is 0 Å². The van der Waals surface area contributed by atoms with Crippen molar-refractivity contribution in [1.29, 1.82) is 0 Å². The smallest absolute Gasteiger partial charge is 0.267 e. The number of halogens is 4. The lowest BCUT2D eigenvalue weighted by Crippen LogP contribution is -2.17. The Morgan fingerprint density at radius 1 is 1.14 bits per heavy atom. The van der Waals surface area contributed by atoms with Crippen LogP contribution in [0.2, 0.25) is 5.02 Å². The molecular weight excluding hydrogens is 317 g/mol. The normalized spacial score (nSPS) is 11.6. The molecular formula is C15H10ClF3N2O. The molecule has 0 saturated heterocycles. The standard InChI is InChI=1S/C15H10ClF3N2O/c16-13-6-4-11(5-7-13)14(22)21-20-9-10-2-1-3-12(8-10)15(17,18)19/h1-9H,(H,21,22). The number of carbonyl (C=O) groups is 1. The zero-order valence-electron chi connectivity index (χ0n) is 11.1. The number of hydrogen-bond donors (Lipinski definition) is 1. The van der Waals surface area contributed by atoms with Crippen LogP contribution in [0.4, 0.5) is 13.2 Å². The minimum atomic E-state index is -4.42. The summed E-state index contributed by atoms with van der Waals surface area (Å²) in [7, 11) is 0. The summed E-state index contributed by atoms with van der Waals surface area (Å²) >= 11 is 5.70. The lowest BCUT2D eigenvalue weighted by molar-refractivity contribution is -0.137. The zero-order chi connectivity index (χ0) is 16.2. The largest absolute Gasteiger partial charge is 0.416 e. The van der Waals surface area contributed by atoms with Crippen LogP contribution in [0, 0.1) is 0 Å². The number of nitrogens with zero attached hydrogens (tertiary/aromatic N) is 1. The predicted octanol–water partition coefficient (Wildman–Crippen LogP) is 4.12. The third-order valence-corrected chi connectivity index (χ3v) is 2.95. The first-order valence-corrected chi connectivity index (χ1v) is 6.50. The van der Waals surface area contributed by atoms with Crippen molar-refractivity contribution in [2.45, 2.75) is 6.18 Å². The SMILES string of the molecule is O=C(NN=Cc1cccc(C(F)(F)F)c1)c1ccc(Cl)cc1. The summed E-state index contributed by atoms with van der Waals surface area (Å²) in [5.41, 5.74) is 2.02. The second kappa shape index (κ2) is 6.62. The number of amides is 1. The summed E-state index contributed by atoms with van der Waals surface area (Å²) in [6, 6.07) is 10.7. The fraction of sp³-hybridized carbons (Fsp3) is 0.0667. The number of benzene rings is 2. The van der Waals surface area contributed by atoms with Crippen molar-refractivity contribution in [3.8, 4) is 0 Å². The van der Waals surface area contributed by atoms with Gasteiger partial charge in [-0.1, -0.05) is 23.7 Å². The molecule has 1 amide bonds. The molecule has 3 nitrogen and oxygen atoms in total. The van der Waals surface area contributed by atoms with Crippen molar-refractivity contribution >= 4 is 23.7 Å². The molecule has 0 radical (unpaired) electrons. The van der Waals surface area contributed by atoms with E-state index in [2.05, 4.69) is 10.5 Å². The molecule has 0 saturated carbocycles. The molecule has 0 heterocycles. The Morgan fingerprint density at radius 3 is 2.45 bits per heavy atom. The summed E-state index contributed by atoms with van der Waals surface area (Å²) in [5, 5.41) is 4.13. The van der Waals surface area contributed by atoms with Crippen molar-refractivity contribution in [1.82, 2.24) is 5.43 Å². The van der Waals surface area contributed by atoms with Crippen LogP contribution < -0.4 is 5.43 Å². The van der Waals surface area contributed by atoms with Crippen molar-refractivity contribution in [2.75, 3.05) is 0 Å². The van der Waals surface area contributed by atoms with Gasteiger partial charge < -0.3 is 0 Å². The molecule has 0 unspecified atom stereocenters. The fourth-order valence-electron chi connectivity index (χ4n) is 1.63. The molecule has 114 valence electrons. The van der Waals surface area contributed by atoms with Crippen LogP contribution in [-0.2, 0) is 6.18 Å². The van der Waals surface area contributed by atoms with E-state index in [9.17, 15) is 18.0 Å². The van der Waals surface area contributed by atoms with Crippen LogP contribution in [0.3, 0.4) is 0 Å². The number of hydrazone groups is 1. The topological polar surface area (TPSA) is 41.5 Å². The first kappa shape index (κ1) is 16.0. The van der Waals surface area contributed by atoms with Gasteiger partial charge in [-0.25, -0.2) is 5.43 Å².